The molecular weight excluding hydrogens is 268 g/mol. The van der Waals surface area contributed by atoms with E-state index in [2.05, 4.69) is 5.11 Å². The summed E-state index contributed by atoms with van der Waals surface area (Å²) in [6, 6.07) is 13.9. The van der Waals surface area contributed by atoms with Crippen molar-refractivity contribution in [2.24, 2.45) is 5.11 Å². The fourth-order valence-electron chi connectivity index (χ4n) is 1.77. The molecule has 5 nitrogen and oxygen atoms in total. The summed E-state index contributed by atoms with van der Waals surface area (Å²) < 4.78 is 10.7. The third-order valence-electron chi connectivity index (χ3n) is 2.72. The van der Waals surface area contributed by atoms with E-state index in [9.17, 15) is 5.21 Å². The average molecular weight is 286 g/mol. The zero-order chi connectivity index (χ0) is 15.1. The van der Waals surface area contributed by atoms with Crippen molar-refractivity contribution in [2.45, 2.75) is 13.8 Å². The molecule has 0 aliphatic heterocycles. The van der Waals surface area contributed by atoms with Crippen LogP contribution in [0.1, 0.15) is 13.8 Å². The van der Waals surface area contributed by atoms with Crippen molar-refractivity contribution in [2.75, 3.05) is 13.2 Å². The summed E-state index contributed by atoms with van der Waals surface area (Å²) in [5, 5.41) is 16.0. The number of rotatable bonds is 6. The van der Waals surface area contributed by atoms with Crippen LogP contribution >= 0.6 is 0 Å². The molecule has 0 spiro atoms. The van der Waals surface area contributed by atoms with Gasteiger partial charge in [0.15, 0.2) is 0 Å². The van der Waals surface area contributed by atoms with Gasteiger partial charge in [-0.25, -0.2) is 0 Å². The van der Waals surface area contributed by atoms with Gasteiger partial charge in [-0.05, 0) is 50.2 Å². The first-order chi connectivity index (χ1) is 10.2. The van der Waals surface area contributed by atoms with Crippen molar-refractivity contribution in [1.82, 2.24) is 0 Å². The van der Waals surface area contributed by atoms with E-state index in [0.29, 0.717) is 29.4 Å². The summed E-state index contributed by atoms with van der Waals surface area (Å²) in [5.41, 5.74) is 1.02. The van der Waals surface area contributed by atoms with E-state index >= 15 is 0 Å². The Morgan fingerprint density at radius 3 is 1.81 bits per heavy atom. The van der Waals surface area contributed by atoms with Crippen LogP contribution in [-0.4, -0.2) is 18.1 Å². The molecule has 0 saturated carbocycles. The van der Waals surface area contributed by atoms with E-state index in [1.165, 1.54) is 0 Å². The largest absolute Gasteiger partial charge is 0.594 e. The Hall–Kier alpha value is -2.56. The number of ether oxygens (including phenoxy) is 2. The summed E-state index contributed by atoms with van der Waals surface area (Å²) >= 11 is 0. The Morgan fingerprint density at radius 1 is 0.857 bits per heavy atom. The molecule has 110 valence electrons. The fourth-order valence-corrected chi connectivity index (χ4v) is 1.77. The molecule has 0 amide bonds. The van der Waals surface area contributed by atoms with Crippen LogP contribution < -0.4 is 9.47 Å². The molecular formula is C16H18N2O3. The predicted octanol–water partition coefficient (Wildman–Crippen LogP) is 4.41. The Balaban J connectivity index is 2.12. The first-order valence-electron chi connectivity index (χ1n) is 6.87. The lowest BCUT2D eigenvalue weighted by Gasteiger charge is -2.04. The summed E-state index contributed by atoms with van der Waals surface area (Å²) in [5.74, 6) is 1.49. The summed E-state index contributed by atoms with van der Waals surface area (Å²) in [4.78, 5) is 0.589. The first kappa shape index (κ1) is 14.8. The van der Waals surface area contributed by atoms with Crippen LogP contribution in [0.4, 0.5) is 11.4 Å². The summed E-state index contributed by atoms with van der Waals surface area (Å²) in [6.07, 6.45) is 0. The molecule has 0 atom stereocenters. The average Bonchev–Trinajstić information content (AvgIpc) is 2.50. The standard InChI is InChI=1S/C16H18N2O3/c1-3-20-15-9-5-13(6-10-15)17-18(19)14-7-11-16(12-8-14)21-4-2/h5-12H,3-4H2,1-2H3. The van der Waals surface area contributed by atoms with Gasteiger partial charge in [-0.1, -0.05) is 4.86 Å². The van der Waals surface area contributed by atoms with Gasteiger partial charge in [0.25, 0.3) is 0 Å². The van der Waals surface area contributed by atoms with Gasteiger partial charge >= 0.3 is 0 Å². The molecule has 21 heavy (non-hydrogen) atoms. The van der Waals surface area contributed by atoms with Crippen LogP contribution in [0.25, 0.3) is 0 Å². The molecule has 0 N–H and O–H groups in total. The number of hydrogen-bond donors (Lipinski definition) is 0. The monoisotopic (exact) mass is 286 g/mol. The van der Waals surface area contributed by atoms with Gasteiger partial charge in [0, 0.05) is 17.2 Å². The summed E-state index contributed by atoms with van der Waals surface area (Å²) in [6.45, 7) is 5.03. The normalized spacial score (nSPS) is 11.2. The lowest BCUT2D eigenvalue weighted by Crippen LogP contribution is -1.93. The highest BCUT2D eigenvalue weighted by molar-refractivity contribution is 5.41. The van der Waals surface area contributed by atoms with E-state index < -0.39 is 0 Å². The smallest absolute Gasteiger partial charge is 0.245 e. The first-order valence-corrected chi connectivity index (χ1v) is 6.87. The van der Waals surface area contributed by atoms with Gasteiger partial charge < -0.3 is 14.7 Å². The molecule has 0 saturated heterocycles. The minimum absolute atomic E-state index is 0.451. The third-order valence-corrected chi connectivity index (χ3v) is 2.72. The van der Waals surface area contributed by atoms with Crippen molar-refractivity contribution in [3.05, 3.63) is 53.7 Å². The molecule has 2 aromatic carbocycles. The number of azo groups is 1. The van der Waals surface area contributed by atoms with E-state index in [1.54, 1.807) is 48.5 Å². The molecule has 0 aliphatic rings. The number of hydrogen-bond acceptors (Lipinski definition) is 4. The molecule has 0 heterocycles. The van der Waals surface area contributed by atoms with Gasteiger partial charge in [-0.2, -0.15) is 0 Å². The molecule has 0 aromatic heterocycles. The van der Waals surface area contributed by atoms with E-state index in [4.69, 9.17) is 9.47 Å². The Kier molecular flexibility index (Phi) is 5.15. The van der Waals surface area contributed by atoms with Crippen LogP contribution in [0.5, 0.6) is 11.5 Å². The van der Waals surface area contributed by atoms with E-state index in [-0.39, 0.29) is 0 Å². The summed E-state index contributed by atoms with van der Waals surface area (Å²) in [7, 11) is 0. The Morgan fingerprint density at radius 2 is 1.33 bits per heavy atom. The number of benzene rings is 2. The molecule has 0 aliphatic carbocycles. The van der Waals surface area contributed by atoms with Crippen LogP contribution in [0.15, 0.2) is 53.6 Å². The van der Waals surface area contributed by atoms with Gasteiger partial charge in [0.2, 0.25) is 5.69 Å². The number of nitrogens with zero attached hydrogens (tertiary/aromatic N) is 2. The van der Waals surface area contributed by atoms with Crippen molar-refractivity contribution >= 4 is 11.4 Å². The minimum Gasteiger partial charge on any atom is -0.594 e. The zero-order valence-corrected chi connectivity index (χ0v) is 12.2. The molecule has 5 heteroatoms. The second-order valence-corrected chi connectivity index (χ2v) is 4.23. The lowest BCUT2D eigenvalue weighted by molar-refractivity contribution is -0.435. The zero-order valence-electron chi connectivity index (χ0n) is 12.2. The molecule has 2 aromatic rings. The highest BCUT2D eigenvalue weighted by Crippen LogP contribution is 2.22. The molecule has 0 fully saturated rings. The quantitative estimate of drug-likeness (QED) is 0.449. The highest BCUT2D eigenvalue weighted by atomic mass is 16.5. The lowest BCUT2D eigenvalue weighted by atomic mass is 10.3. The van der Waals surface area contributed by atoms with Gasteiger partial charge in [-0.15, -0.1) is 0 Å². The van der Waals surface area contributed by atoms with Crippen molar-refractivity contribution in [3.63, 3.8) is 0 Å². The SMILES string of the molecule is CCOc1ccc(N=[N+]([O-])c2ccc(OCC)cc2)cc1. The van der Waals surface area contributed by atoms with Crippen LogP contribution in [0, 0.1) is 5.21 Å². The maximum atomic E-state index is 12.0. The van der Waals surface area contributed by atoms with Crippen molar-refractivity contribution in [3.8, 4) is 11.5 Å². The van der Waals surface area contributed by atoms with Crippen molar-refractivity contribution < 1.29 is 14.3 Å². The second-order valence-electron chi connectivity index (χ2n) is 4.23. The minimum atomic E-state index is 0.451. The van der Waals surface area contributed by atoms with Crippen molar-refractivity contribution in [1.29, 1.82) is 0 Å². The molecule has 2 rings (SSSR count). The van der Waals surface area contributed by atoms with Gasteiger partial charge in [-0.3, -0.25) is 0 Å². The topological polar surface area (TPSA) is 56.9 Å². The van der Waals surface area contributed by atoms with E-state index in [1.807, 2.05) is 13.8 Å². The molecule has 0 unspecified atom stereocenters. The molecule has 0 radical (unpaired) electrons. The van der Waals surface area contributed by atoms with Crippen LogP contribution in [0.2, 0.25) is 0 Å². The fraction of sp³-hybridized carbons (Fsp3) is 0.250. The second kappa shape index (κ2) is 7.28. The van der Waals surface area contributed by atoms with Gasteiger partial charge in [0.1, 0.15) is 17.2 Å². The molecule has 0 bridgehead atoms. The maximum Gasteiger partial charge on any atom is 0.245 e. The maximum absolute atomic E-state index is 12.0. The third kappa shape index (κ3) is 4.21. The van der Waals surface area contributed by atoms with Crippen LogP contribution in [-0.2, 0) is 0 Å². The Labute approximate surface area is 124 Å². The van der Waals surface area contributed by atoms with E-state index in [0.717, 1.165) is 11.5 Å². The van der Waals surface area contributed by atoms with Crippen LogP contribution in [0.3, 0.4) is 0 Å². The Bertz CT molecular complexity index is 592. The predicted molar refractivity (Wildman–Crippen MR) is 80.6 cm³/mol. The highest BCUT2D eigenvalue weighted by Gasteiger charge is 2.05. The van der Waals surface area contributed by atoms with Gasteiger partial charge in [0.05, 0.1) is 13.2 Å².